The predicted molar refractivity (Wildman–Crippen MR) is 114 cm³/mol. The third kappa shape index (κ3) is 4.35. The molecule has 0 saturated heterocycles. The van der Waals surface area contributed by atoms with Crippen LogP contribution in [0.3, 0.4) is 0 Å². The summed E-state index contributed by atoms with van der Waals surface area (Å²) in [6.45, 7) is 2.87. The fourth-order valence-electron chi connectivity index (χ4n) is 3.79. The number of hydrogen-bond acceptors (Lipinski definition) is 7. The van der Waals surface area contributed by atoms with Crippen LogP contribution in [0.4, 0.5) is 5.00 Å². The van der Waals surface area contributed by atoms with Crippen molar-refractivity contribution in [3.05, 3.63) is 21.8 Å². The van der Waals surface area contributed by atoms with Gasteiger partial charge in [-0.25, -0.2) is 4.79 Å². The number of rotatable bonds is 7. The molecular formula is C20H26N4O3S2. The van der Waals surface area contributed by atoms with Gasteiger partial charge in [0.25, 0.3) is 0 Å². The highest BCUT2D eigenvalue weighted by molar-refractivity contribution is 7.99. The number of nitrogens with one attached hydrogen (secondary N) is 1. The number of thioether (sulfide) groups is 1. The van der Waals surface area contributed by atoms with E-state index < -0.39 is 0 Å². The zero-order valence-corrected chi connectivity index (χ0v) is 18.5. The van der Waals surface area contributed by atoms with E-state index in [0.717, 1.165) is 48.8 Å². The zero-order chi connectivity index (χ0) is 20.4. The number of amides is 1. The maximum absolute atomic E-state index is 12.6. The van der Waals surface area contributed by atoms with Gasteiger partial charge in [-0.15, -0.1) is 21.5 Å². The number of nitrogens with zero attached hydrogens (tertiary/aromatic N) is 3. The van der Waals surface area contributed by atoms with E-state index in [2.05, 4.69) is 27.0 Å². The Morgan fingerprint density at radius 3 is 2.76 bits per heavy atom. The van der Waals surface area contributed by atoms with Gasteiger partial charge in [-0.1, -0.05) is 18.2 Å². The lowest BCUT2D eigenvalue weighted by Gasteiger charge is -2.08. The van der Waals surface area contributed by atoms with Crippen molar-refractivity contribution in [2.75, 3.05) is 18.2 Å². The molecule has 7 nitrogen and oxygen atoms in total. The van der Waals surface area contributed by atoms with Crippen molar-refractivity contribution in [1.82, 2.24) is 14.8 Å². The van der Waals surface area contributed by atoms with Gasteiger partial charge in [0.05, 0.1) is 18.4 Å². The molecule has 2 heterocycles. The summed E-state index contributed by atoms with van der Waals surface area (Å²) in [7, 11) is 1.39. The first-order valence-electron chi connectivity index (χ1n) is 10.2. The molecule has 4 rings (SSSR count). The van der Waals surface area contributed by atoms with E-state index in [9.17, 15) is 9.59 Å². The summed E-state index contributed by atoms with van der Waals surface area (Å²) in [6, 6.07) is 0. The van der Waals surface area contributed by atoms with Crippen LogP contribution in [0.2, 0.25) is 0 Å². The molecule has 9 heteroatoms. The molecule has 0 radical (unpaired) electrons. The summed E-state index contributed by atoms with van der Waals surface area (Å²) in [5.74, 6) is 1.27. The Kier molecular flexibility index (Phi) is 6.24. The van der Waals surface area contributed by atoms with E-state index in [4.69, 9.17) is 4.74 Å². The zero-order valence-electron chi connectivity index (χ0n) is 16.8. The molecule has 2 aromatic rings. The smallest absolute Gasteiger partial charge is 0.341 e. The number of aryl methyl sites for hydroxylation is 1. The average Bonchev–Trinajstić information content (AvgIpc) is 3.45. The van der Waals surface area contributed by atoms with Crippen LogP contribution in [0.5, 0.6) is 0 Å². The molecule has 1 amide bonds. The minimum atomic E-state index is -0.368. The van der Waals surface area contributed by atoms with E-state index in [1.165, 1.54) is 54.3 Å². The summed E-state index contributed by atoms with van der Waals surface area (Å²) in [5.41, 5.74) is 1.60. The largest absolute Gasteiger partial charge is 0.465 e. The van der Waals surface area contributed by atoms with Gasteiger partial charge in [0.2, 0.25) is 5.91 Å². The Labute approximate surface area is 178 Å². The Hall–Kier alpha value is -1.87. The van der Waals surface area contributed by atoms with Crippen LogP contribution >= 0.6 is 23.1 Å². The number of aromatic nitrogens is 3. The Morgan fingerprint density at radius 1 is 1.24 bits per heavy atom. The molecule has 0 atom stereocenters. The van der Waals surface area contributed by atoms with Gasteiger partial charge >= 0.3 is 5.97 Å². The quantitative estimate of drug-likeness (QED) is 0.402. The van der Waals surface area contributed by atoms with Crippen molar-refractivity contribution in [2.24, 2.45) is 0 Å². The van der Waals surface area contributed by atoms with Gasteiger partial charge in [-0.3, -0.25) is 4.79 Å². The van der Waals surface area contributed by atoms with Gasteiger partial charge in [-0.2, -0.15) is 0 Å². The molecule has 0 spiro atoms. The molecule has 0 bridgehead atoms. The van der Waals surface area contributed by atoms with Gasteiger partial charge in [0, 0.05) is 17.3 Å². The maximum Gasteiger partial charge on any atom is 0.341 e. The van der Waals surface area contributed by atoms with Gasteiger partial charge in [0.1, 0.15) is 10.8 Å². The van der Waals surface area contributed by atoms with Crippen molar-refractivity contribution in [1.29, 1.82) is 0 Å². The minimum absolute atomic E-state index is 0.143. The number of carbonyl (C=O) groups is 2. The van der Waals surface area contributed by atoms with Crippen molar-refractivity contribution in [3.63, 3.8) is 0 Å². The molecular weight excluding hydrogens is 408 g/mol. The molecule has 1 fully saturated rings. The number of ether oxygens (including phenoxy) is 1. The Bertz CT molecular complexity index is 917. The fraction of sp³-hybridized carbons (Fsp3) is 0.600. The first-order chi connectivity index (χ1) is 14.1. The van der Waals surface area contributed by atoms with E-state index in [1.807, 2.05) is 0 Å². The second-order valence-electron chi connectivity index (χ2n) is 7.46. The highest BCUT2D eigenvalue weighted by Gasteiger charge is 2.30. The molecule has 2 aliphatic carbocycles. The molecule has 1 saturated carbocycles. The van der Waals surface area contributed by atoms with E-state index in [0.29, 0.717) is 16.5 Å². The normalized spacial score (nSPS) is 16.2. The minimum Gasteiger partial charge on any atom is -0.465 e. The van der Waals surface area contributed by atoms with Crippen molar-refractivity contribution >= 4 is 40.0 Å². The van der Waals surface area contributed by atoms with Crippen LogP contribution in [0.15, 0.2) is 5.16 Å². The summed E-state index contributed by atoms with van der Waals surface area (Å²) in [6.07, 6.45) is 7.51. The van der Waals surface area contributed by atoms with Gasteiger partial charge < -0.3 is 14.6 Å². The summed E-state index contributed by atoms with van der Waals surface area (Å²) in [5, 5.41) is 12.9. The SMILES string of the molecule is CCn1c(SCC(=O)Nc2sc3c(c2C(=O)OC)CCCCC3)nnc1C1CC1. The monoisotopic (exact) mass is 434 g/mol. The second kappa shape index (κ2) is 8.87. The molecule has 0 aliphatic heterocycles. The second-order valence-corrected chi connectivity index (χ2v) is 9.50. The topological polar surface area (TPSA) is 86.1 Å². The third-order valence-electron chi connectivity index (χ3n) is 5.40. The molecule has 0 aromatic carbocycles. The lowest BCUT2D eigenvalue weighted by molar-refractivity contribution is -0.113. The predicted octanol–water partition coefficient (Wildman–Crippen LogP) is 4.02. The first kappa shape index (κ1) is 20.4. The van der Waals surface area contributed by atoms with E-state index >= 15 is 0 Å². The Morgan fingerprint density at radius 2 is 2.03 bits per heavy atom. The molecule has 2 aliphatic rings. The number of carbonyl (C=O) groups excluding carboxylic acids is 2. The molecule has 2 aromatic heterocycles. The first-order valence-corrected chi connectivity index (χ1v) is 12.0. The van der Waals surface area contributed by atoms with Crippen molar-refractivity contribution in [3.8, 4) is 0 Å². The fourth-order valence-corrected chi connectivity index (χ4v) is 5.89. The third-order valence-corrected chi connectivity index (χ3v) is 7.57. The highest BCUT2D eigenvalue weighted by Crippen LogP contribution is 2.40. The molecule has 29 heavy (non-hydrogen) atoms. The summed E-state index contributed by atoms with van der Waals surface area (Å²) in [4.78, 5) is 26.2. The molecule has 156 valence electrons. The summed E-state index contributed by atoms with van der Waals surface area (Å²) >= 11 is 2.91. The maximum atomic E-state index is 12.6. The van der Waals surface area contributed by atoms with Gasteiger partial charge in [-0.05, 0) is 51.0 Å². The highest BCUT2D eigenvalue weighted by atomic mass is 32.2. The number of hydrogen-bond donors (Lipinski definition) is 1. The van der Waals surface area contributed by atoms with Crippen LogP contribution < -0.4 is 5.32 Å². The van der Waals surface area contributed by atoms with Crippen LogP contribution in [0.25, 0.3) is 0 Å². The number of methoxy groups -OCH3 is 1. The number of fused-ring (bicyclic) bond motifs is 1. The van der Waals surface area contributed by atoms with E-state index in [-0.39, 0.29) is 17.6 Å². The summed E-state index contributed by atoms with van der Waals surface area (Å²) < 4.78 is 7.10. The lowest BCUT2D eigenvalue weighted by Crippen LogP contribution is -2.16. The Balaban J connectivity index is 1.46. The number of anilines is 1. The standard InChI is InChI=1S/C20H26N4O3S2/c1-3-24-17(12-9-10-12)22-23-20(24)28-11-15(25)21-18-16(19(26)27-2)13-7-5-4-6-8-14(13)29-18/h12H,3-11H2,1-2H3,(H,21,25). The van der Waals surface area contributed by atoms with Crippen molar-refractivity contribution in [2.45, 2.75) is 69.5 Å². The molecule has 1 N–H and O–H groups in total. The van der Waals surface area contributed by atoms with Crippen LogP contribution in [-0.2, 0) is 28.9 Å². The number of esters is 1. The average molecular weight is 435 g/mol. The lowest BCUT2D eigenvalue weighted by atomic mass is 10.1. The van der Waals surface area contributed by atoms with Crippen molar-refractivity contribution < 1.29 is 14.3 Å². The van der Waals surface area contributed by atoms with Gasteiger partial charge in [0.15, 0.2) is 5.16 Å². The molecule has 0 unspecified atom stereocenters. The van der Waals surface area contributed by atoms with Crippen LogP contribution in [0.1, 0.15) is 71.6 Å². The van der Waals surface area contributed by atoms with Crippen LogP contribution in [-0.4, -0.2) is 39.5 Å². The van der Waals surface area contributed by atoms with E-state index in [1.54, 1.807) is 0 Å². The van der Waals surface area contributed by atoms with Crippen LogP contribution in [0, 0.1) is 0 Å². The number of thiophene rings is 1.